The Morgan fingerprint density at radius 2 is 1.63 bits per heavy atom. The van der Waals surface area contributed by atoms with Crippen LogP contribution in [0.4, 0.5) is 5.69 Å². The summed E-state index contributed by atoms with van der Waals surface area (Å²) in [6.45, 7) is 2.46. The van der Waals surface area contributed by atoms with E-state index in [1.54, 1.807) is 24.3 Å². The largest absolute Gasteiger partial charge is 0.497 e. The minimum Gasteiger partial charge on any atom is -0.497 e. The average Bonchev–Trinajstić information content (AvgIpc) is 3.22. The summed E-state index contributed by atoms with van der Waals surface area (Å²) in [5, 5.41) is 9.73. The summed E-state index contributed by atoms with van der Waals surface area (Å²) in [4.78, 5) is 26.9. The van der Waals surface area contributed by atoms with Crippen LogP contribution >= 0.6 is 0 Å². The zero-order chi connectivity index (χ0) is 19.0. The van der Waals surface area contributed by atoms with Crippen molar-refractivity contribution in [2.45, 2.75) is 32.0 Å². The number of rotatable bonds is 5. The third-order valence-corrected chi connectivity index (χ3v) is 4.96. The Labute approximate surface area is 157 Å². The van der Waals surface area contributed by atoms with Gasteiger partial charge in [-0.3, -0.25) is 14.6 Å². The predicted molar refractivity (Wildman–Crippen MR) is 99.3 cm³/mol. The molecule has 2 amide bonds. The minimum absolute atomic E-state index is 0.284. The molecule has 138 valence electrons. The van der Waals surface area contributed by atoms with Crippen LogP contribution in [0.2, 0.25) is 0 Å². The van der Waals surface area contributed by atoms with Crippen molar-refractivity contribution in [3.05, 3.63) is 59.7 Å². The lowest BCUT2D eigenvalue weighted by Crippen LogP contribution is -2.39. The van der Waals surface area contributed by atoms with Gasteiger partial charge in [0.15, 0.2) is 12.1 Å². The number of amides is 2. The fraction of sp³-hybridized carbons (Fsp3) is 0.300. The van der Waals surface area contributed by atoms with Gasteiger partial charge in [0, 0.05) is 0 Å². The fourth-order valence-corrected chi connectivity index (χ4v) is 3.41. The van der Waals surface area contributed by atoms with Gasteiger partial charge in [0.1, 0.15) is 5.75 Å². The fourth-order valence-electron chi connectivity index (χ4n) is 3.41. The second-order valence-corrected chi connectivity index (χ2v) is 6.57. The highest BCUT2D eigenvalue weighted by Crippen LogP contribution is 2.33. The van der Waals surface area contributed by atoms with Gasteiger partial charge in [-0.05, 0) is 41.8 Å². The molecular formula is C20H20N4O3. The summed E-state index contributed by atoms with van der Waals surface area (Å²) < 4.78 is 5.16. The van der Waals surface area contributed by atoms with Crippen LogP contribution in [0, 0.1) is 0 Å². The maximum Gasteiger partial charge on any atom is 0.263 e. The van der Waals surface area contributed by atoms with Crippen LogP contribution in [0.25, 0.3) is 0 Å². The number of carbonyl (C=O) groups excluding carboxylic acids is 2. The lowest BCUT2D eigenvalue weighted by Gasteiger charge is -2.20. The highest BCUT2D eigenvalue weighted by Gasteiger charge is 2.54. The quantitative estimate of drug-likeness (QED) is 0.765. The van der Waals surface area contributed by atoms with Gasteiger partial charge in [-0.2, -0.15) is 5.11 Å². The van der Waals surface area contributed by atoms with Gasteiger partial charge in [-0.25, -0.2) is 4.90 Å². The molecule has 2 aromatic rings. The van der Waals surface area contributed by atoms with E-state index in [1.807, 2.05) is 36.4 Å². The van der Waals surface area contributed by atoms with Crippen LogP contribution in [0.5, 0.6) is 5.75 Å². The van der Waals surface area contributed by atoms with Crippen molar-refractivity contribution in [3.63, 3.8) is 0 Å². The SMILES string of the molecule is CCc1ccc(N2C(=O)[C@@H]3[C@@H](N=NN3Cc3ccc(OC)cc3)C2=O)cc1. The van der Waals surface area contributed by atoms with Crippen molar-refractivity contribution >= 4 is 17.5 Å². The number of nitrogens with zero attached hydrogens (tertiary/aromatic N) is 4. The van der Waals surface area contributed by atoms with Crippen LogP contribution in [0.3, 0.4) is 0 Å². The van der Waals surface area contributed by atoms with Crippen molar-refractivity contribution in [2.75, 3.05) is 12.0 Å². The number of imide groups is 1. The highest BCUT2D eigenvalue weighted by atomic mass is 16.5. The monoisotopic (exact) mass is 364 g/mol. The first-order valence-corrected chi connectivity index (χ1v) is 8.89. The molecule has 27 heavy (non-hydrogen) atoms. The molecule has 2 aromatic carbocycles. The Morgan fingerprint density at radius 3 is 2.26 bits per heavy atom. The number of fused-ring (bicyclic) bond motifs is 1. The Kier molecular flexibility index (Phi) is 4.35. The molecule has 0 bridgehead atoms. The Hall–Kier alpha value is -3.22. The Morgan fingerprint density at radius 1 is 0.963 bits per heavy atom. The summed E-state index contributed by atoms with van der Waals surface area (Å²) in [6, 6.07) is 13.5. The molecule has 2 heterocycles. The van der Waals surface area contributed by atoms with Gasteiger partial charge >= 0.3 is 0 Å². The molecule has 2 aliphatic rings. The van der Waals surface area contributed by atoms with Gasteiger partial charge in [-0.1, -0.05) is 36.4 Å². The number of aryl methyl sites for hydroxylation is 1. The van der Waals surface area contributed by atoms with Crippen molar-refractivity contribution < 1.29 is 14.3 Å². The normalized spacial score (nSPS) is 21.1. The van der Waals surface area contributed by atoms with E-state index in [9.17, 15) is 9.59 Å². The second-order valence-electron chi connectivity index (χ2n) is 6.57. The maximum absolute atomic E-state index is 13.0. The molecule has 2 aliphatic heterocycles. The van der Waals surface area contributed by atoms with E-state index in [1.165, 1.54) is 4.90 Å². The lowest BCUT2D eigenvalue weighted by molar-refractivity contribution is -0.123. The summed E-state index contributed by atoms with van der Waals surface area (Å²) in [7, 11) is 1.61. The van der Waals surface area contributed by atoms with E-state index in [0.717, 1.165) is 23.3 Å². The van der Waals surface area contributed by atoms with Gasteiger partial charge in [-0.15, -0.1) is 0 Å². The lowest BCUT2D eigenvalue weighted by atomic mass is 10.1. The van der Waals surface area contributed by atoms with Crippen LogP contribution in [0.1, 0.15) is 18.1 Å². The van der Waals surface area contributed by atoms with E-state index < -0.39 is 12.1 Å². The van der Waals surface area contributed by atoms with E-state index >= 15 is 0 Å². The molecule has 0 aromatic heterocycles. The van der Waals surface area contributed by atoms with Gasteiger partial charge in [0.25, 0.3) is 11.8 Å². The molecule has 0 radical (unpaired) electrons. The third kappa shape index (κ3) is 2.95. The van der Waals surface area contributed by atoms with Crippen molar-refractivity contribution in [3.8, 4) is 5.75 Å². The minimum atomic E-state index is -0.776. The molecule has 4 rings (SSSR count). The van der Waals surface area contributed by atoms with Crippen LogP contribution in [-0.2, 0) is 22.6 Å². The van der Waals surface area contributed by atoms with E-state index in [0.29, 0.717) is 12.2 Å². The van der Waals surface area contributed by atoms with Gasteiger partial charge < -0.3 is 4.74 Å². The van der Waals surface area contributed by atoms with Crippen molar-refractivity contribution in [2.24, 2.45) is 10.3 Å². The van der Waals surface area contributed by atoms with E-state index in [2.05, 4.69) is 17.3 Å². The molecular weight excluding hydrogens is 344 g/mol. The first-order valence-electron chi connectivity index (χ1n) is 8.89. The van der Waals surface area contributed by atoms with Gasteiger partial charge in [0.2, 0.25) is 0 Å². The smallest absolute Gasteiger partial charge is 0.263 e. The molecule has 1 fully saturated rings. The molecule has 2 atom stereocenters. The number of methoxy groups -OCH3 is 1. The molecule has 7 nitrogen and oxygen atoms in total. The van der Waals surface area contributed by atoms with Crippen molar-refractivity contribution in [1.29, 1.82) is 0 Å². The van der Waals surface area contributed by atoms with Crippen LogP contribution in [0.15, 0.2) is 58.9 Å². The number of carbonyl (C=O) groups is 2. The van der Waals surface area contributed by atoms with Crippen molar-refractivity contribution in [1.82, 2.24) is 5.01 Å². The number of hydrogen-bond acceptors (Lipinski definition) is 6. The molecule has 0 saturated carbocycles. The van der Waals surface area contributed by atoms with E-state index in [4.69, 9.17) is 4.74 Å². The molecule has 0 unspecified atom stereocenters. The molecule has 1 saturated heterocycles. The van der Waals surface area contributed by atoms with Crippen LogP contribution in [-0.4, -0.2) is 36.0 Å². The molecule has 7 heteroatoms. The maximum atomic E-state index is 13.0. The second kappa shape index (κ2) is 6.83. The zero-order valence-corrected chi connectivity index (χ0v) is 15.2. The highest BCUT2D eigenvalue weighted by molar-refractivity contribution is 6.25. The first kappa shape index (κ1) is 17.2. The topological polar surface area (TPSA) is 74.6 Å². The third-order valence-electron chi connectivity index (χ3n) is 4.96. The summed E-state index contributed by atoms with van der Waals surface area (Å²) in [6.07, 6.45) is 0.900. The standard InChI is InChI=1S/C20H20N4O3/c1-3-13-4-8-15(9-5-13)24-19(25)17-18(20(24)26)23(22-21-17)12-14-6-10-16(27-2)11-7-14/h4-11,17-18H,3,12H2,1-2H3/t17-,18+/m1/s1. The van der Waals surface area contributed by atoms with E-state index in [-0.39, 0.29) is 11.8 Å². The predicted octanol–water partition coefficient (Wildman–Crippen LogP) is 2.75. The molecule has 0 N–H and O–H groups in total. The zero-order valence-electron chi connectivity index (χ0n) is 15.2. The number of ether oxygens (including phenoxy) is 1. The number of benzene rings is 2. The molecule has 0 aliphatic carbocycles. The van der Waals surface area contributed by atoms with Crippen LogP contribution < -0.4 is 9.64 Å². The number of hydrogen-bond donors (Lipinski definition) is 0. The number of anilines is 1. The van der Waals surface area contributed by atoms with Gasteiger partial charge in [0.05, 0.1) is 19.3 Å². The Balaban J connectivity index is 1.55. The summed E-state index contributed by atoms with van der Waals surface area (Å²) in [5.74, 6) is 0.150. The first-order chi connectivity index (χ1) is 13.1. The summed E-state index contributed by atoms with van der Waals surface area (Å²) in [5.41, 5.74) is 2.69. The summed E-state index contributed by atoms with van der Waals surface area (Å²) >= 11 is 0. The average molecular weight is 364 g/mol. The Bertz CT molecular complexity index is 892. The molecule has 0 spiro atoms.